The molecule has 0 radical (unpaired) electrons. The van der Waals surface area contributed by atoms with Crippen molar-refractivity contribution in [2.45, 2.75) is 53.0 Å². The second kappa shape index (κ2) is 9.86. The minimum atomic E-state index is 0.655. The number of nitrogens with one attached hydrogen (secondary N) is 1. The summed E-state index contributed by atoms with van der Waals surface area (Å²) in [5.41, 5.74) is 1.30. The first-order valence-corrected chi connectivity index (χ1v) is 6.74. The lowest BCUT2D eigenvalue weighted by molar-refractivity contribution is 0.278. The van der Waals surface area contributed by atoms with E-state index in [1.807, 2.05) is 0 Å². The summed E-state index contributed by atoms with van der Waals surface area (Å²) in [6.07, 6.45) is 3.63. The summed E-state index contributed by atoms with van der Waals surface area (Å²) in [7, 11) is 0. The highest BCUT2D eigenvalue weighted by atomic mass is 15.1. The van der Waals surface area contributed by atoms with Crippen LogP contribution in [0, 0.1) is 0 Å². The number of hydrogen-bond acceptors (Lipinski definition) is 2. The predicted octanol–water partition coefficient (Wildman–Crippen LogP) is 3.05. The van der Waals surface area contributed by atoms with E-state index < -0.39 is 0 Å². The van der Waals surface area contributed by atoms with Crippen molar-refractivity contribution < 1.29 is 0 Å². The standard InChI is InChI=1S/C14H30N2/c1-6-15-14(10-9-13(4)5)11-12-16(7-2)8-3/h14-15H,4,6-12H2,1-3,5H3. The smallest absolute Gasteiger partial charge is 0.00821 e. The predicted molar refractivity (Wildman–Crippen MR) is 73.9 cm³/mol. The van der Waals surface area contributed by atoms with Gasteiger partial charge in [0.1, 0.15) is 0 Å². The Morgan fingerprint density at radius 2 is 1.81 bits per heavy atom. The number of rotatable bonds is 10. The van der Waals surface area contributed by atoms with Gasteiger partial charge in [-0.2, -0.15) is 0 Å². The molecule has 0 saturated heterocycles. The normalized spacial score (nSPS) is 13.1. The van der Waals surface area contributed by atoms with Crippen LogP contribution in [0.25, 0.3) is 0 Å². The van der Waals surface area contributed by atoms with Gasteiger partial charge >= 0.3 is 0 Å². The lowest BCUT2D eigenvalue weighted by atomic mass is 10.0. The maximum atomic E-state index is 3.98. The van der Waals surface area contributed by atoms with E-state index in [-0.39, 0.29) is 0 Å². The van der Waals surface area contributed by atoms with Gasteiger partial charge in [0.25, 0.3) is 0 Å². The van der Waals surface area contributed by atoms with Crippen LogP contribution in [-0.4, -0.2) is 37.1 Å². The molecule has 0 bridgehead atoms. The van der Waals surface area contributed by atoms with Crippen molar-refractivity contribution in [1.82, 2.24) is 10.2 Å². The van der Waals surface area contributed by atoms with Crippen molar-refractivity contribution in [3.63, 3.8) is 0 Å². The Kier molecular flexibility index (Phi) is 9.65. The molecule has 16 heavy (non-hydrogen) atoms. The Balaban J connectivity index is 3.87. The summed E-state index contributed by atoms with van der Waals surface area (Å²) >= 11 is 0. The fraction of sp³-hybridized carbons (Fsp3) is 0.857. The zero-order valence-electron chi connectivity index (χ0n) is 11.7. The first-order valence-electron chi connectivity index (χ1n) is 6.74. The van der Waals surface area contributed by atoms with Crippen molar-refractivity contribution >= 4 is 0 Å². The third kappa shape index (κ3) is 7.89. The Bertz CT molecular complexity index is 174. The third-order valence-corrected chi connectivity index (χ3v) is 3.10. The van der Waals surface area contributed by atoms with E-state index in [1.165, 1.54) is 25.0 Å². The fourth-order valence-electron chi connectivity index (χ4n) is 1.94. The Morgan fingerprint density at radius 3 is 2.25 bits per heavy atom. The largest absolute Gasteiger partial charge is 0.314 e. The van der Waals surface area contributed by atoms with E-state index in [0.717, 1.165) is 26.1 Å². The molecule has 1 atom stereocenters. The highest BCUT2D eigenvalue weighted by molar-refractivity contribution is 4.89. The molecule has 0 aromatic rings. The first-order chi connectivity index (χ1) is 7.63. The molecule has 0 heterocycles. The molecule has 0 aliphatic rings. The molecule has 0 fully saturated rings. The number of nitrogens with zero attached hydrogens (tertiary/aromatic N) is 1. The zero-order valence-corrected chi connectivity index (χ0v) is 11.7. The van der Waals surface area contributed by atoms with E-state index in [9.17, 15) is 0 Å². The lowest BCUT2D eigenvalue weighted by Crippen LogP contribution is -2.34. The van der Waals surface area contributed by atoms with Crippen molar-refractivity contribution in [2.75, 3.05) is 26.2 Å². The fourth-order valence-corrected chi connectivity index (χ4v) is 1.94. The number of hydrogen-bond donors (Lipinski definition) is 1. The second-order valence-corrected chi connectivity index (χ2v) is 4.57. The van der Waals surface area contributed by atoms with Gasteiger partial charge < -0.3 is 10.2 Å². The Morgan fingerprint density at radius 1 is 1.19 bits per heavy atom. The summed E-state index contributed by atoms with van der Waals surface area (Å²) in [6, 6.07) is 0.655. The maximum Gasteiger partial charge on any atom is 0.00821 e. The molecular weight excluding hydrogens is 196 g/mol. The monoisotopic (exact) mass is 226 g/mol. The first kappa shape index (κ1) is 15.7. The van der Waals surface area contributed by atoms with Crippen LogP contribution in [0.4, 0.5) is 0 Å². The summed E-state index contributed by atoms with van der Waals surface area (Å²) in [4.78, 5) is 2.49. The van der Waals surface area contributed by atoms with Gasteiger partial charge in [-0.25, -0.2) is 0 Å². The van der Waals surface area contributed by atoms with Crippen LogP contribution in [0.2, 0.25) is 0 Å². The quantitative estimate of drug-likeness (QED) is 0.576. The molecule has 0 aliphatic carbocycles. The van der Waals surface area contributed by atoms with Gasteiger partial charge in [0.05, 0.1) is 0 Å². The molecule has 0 saturated carbocycles. The molecule has 0 spiro atoms. The molecule has 0 aliphatic heterocycles. The highest BCUT2D eigenvalue weighted by Crippen LogP contribution is 2.08. The Hall–Kier alpha value is -0.340. The van der Waals surface area contributed by atoms with Crippen LogP contribution < -0.4 is 5.32 Å². The van der Waals surface area contributed by atoms with Gasteiger partial charge in [-0.3, -0.25) is 0 Å². The van der Waals surface area contributed by atoms with E-state index >= 15 is 0 Å². The van der Waals surface area contributed by atoms with Crippen LogP contribution in [-0.2, 0) is 0 Å². The average Bonchev–Trinajstić information content (AvgIpc) is 2.26. The van der Waals surface area contributed by atoms with Gasteiger partial charge in [-0.15, -0.1) is 6.58 Å². The van der Waals surface area contributed by atoms with Crippen LogP contribution in [0.15, 0.2) is 12.2 Å². The lowest BCUT2D eigenvalue weighted by Gasteiger charge is -2.23. The average molecular weight is 226 g/mol. The van der Waals surface area contributed by atoms with E-state index in [0.29, 0.717) is 6.04 Å². The molecule has 0 aromatic carbocycles. The topological polar surface area (TPSA) is 15.3 Å². The molecule has 0 aromatic heterocycles. The summed E-state index contributed by atoms with van der Waals surface area (Å²) in [5, 5.41) is 3.57. The molecule has 1 unspecified atom stereocenters. The van der Waals surface area contributed by atoms with Crippen LogP contribution in [0.5, 0.6) is 0 Å². The SMILES string of the molecule is C=C(C)CCC(CCN(CC)CC)NCC. The van der Waals surface area contributed by atoms with Crippen LogP contribution in [0.1, 0.15) is 47.0 Å². The van der Waals surface area contributed by atoms with E-state index in [2.05, 4.69) is 44.5 Å². The molecule has 96 valence electrons. The maximum absolute atomic E-state index is 3.98. The summed E-state index contributed by atoms with van der Waals surface area (Å²) in [5.74, 6) is 0. The van der Waals surface area contributed by atoms with Crippen molar-refractivity contribution in [3.8, 4) is 0 Å². The highest BCUT2D eigenvalue weighted by Gasteiger charge is 2.08. The van der Waals surface area contributed by atoms with Crippen molar-refractivity contribution in [1.29, 1.82) is 0 Å². The molecule has 1 N–H and O–H groups in total. The third-order valence-electron chi connectivity index (χ3n) is 3.10. The number of allylic oxidation sites excluding steroid dienone is 1. The van der Waals surface area contributed by atoms with Crippen LogP contribution in [0.3, 0.4) is 0 Å². The van der Waals surface area contributed by atoms with Gasteiger partial charge in [0, 0.05) is 6.04 Å². The van der Waals surface area contributed by atoms with E-state index in [4.69, 9.17) is 0 Å². The molecular formula is C14H30N2. The Labute approximate surface area is 102 Å². The summed E-state index contributed by atoms with van der Waals surface area (Å²) in [6.45, 7) is 17.4. The van der Waals surface area contributed by atoms with Gasteiger partial charge in [-0.05, 0) is 52.4 Å². The summed E-state index contributed by atoms with van der Waals surface area (Å²) < 4.78 is 0. The van der Waals surface area contributed by atoms with Gasteiger partial charge in [0.15, 0.2) is 0 Å². The molecule has 0 rings (SSSR count). The zero-order chi connectivity index (χ0) is 12.4. The van der Waals surface area contributed by atoms with Gasteiger partial charge in [-0.1, -0.05) is 26.3 Å². The molecule has 0 amide bonds. The molecule has 2 heteroatoms. The minimum absolute atomic E-state index is 0.655. The van der Waals surface area contributed by atoms with Crippen molar-refractivity contribution in [2.24, 2.45) is 0 Å². The molecule has 2 nitrogen and oxygen atoms in total. The van der Waals surface area contributed by atoms with Crippen molar-refractivity contribution in [3.05, 3.63) is 12.2 Å². The second-order valence-electron chi connectivity index (χ2n) is 4.57. The van der Waals surface area contributed by atoms with E-state index in [1.54, 1.807) is 0 Å². The van der Waals surface area contributed by atoms with Gasteiger partial charge in [0.2, 0.25) is 0 Å². The minimum Gasteiger partial charge on any atom is -0.314 e. The van der Waals surface area contributed by atoms with Crippen LogP contribution >= 0.6 is 0 Å².